The van der Waals surface area contributed by atoms with Crippen molar-refractivity contribution in [3.63, 3.8) is 0 Å². The fraction of sp³-hybridized carbons (Fsp3) is 0.571. The highest BCUT2D eigenvalue weighted by molar-refractivity contribution is 6.62. The molecular formula is C21H32BNO4. The Hall–Kier alpha value is -1.63. The second-order valence-electron chi connectivity index (χ2n) is 9.03. The maximum atomic E-state index is 11.9. The first-order valence-electron chi connectivity index (χ1n) is 9.41. The number of benzene rings is 1. The van der Waals surface area contributed by atoms with E-state index >= 15 is 0 Å². The van der Waals surface area contributed by atoms with E-state index in [-0.39, 0.29) is 24.3 Å². The molecule has 5 nitrogen and oxygen atoms in total. The zero-order valence-corrected chi connectivity index (χ0v) is 17.5. The summed E-state index contributed by atoms with van der Waals surface area (Å²) in [6.07, 6.45) is 4.25. The van der Waals surface area contributed by atoms with Crippen LogP contribution in [0.4, 0.5) is 0 Å². The van der Waals surface area contributed by atoms with E-state index in [0.29, 0.717) is 6.42 Å². The minimum Gasteiger partial charge on any atom is -0.459 e. The van der Waals surface area contributed by atoms with Gasteiger partial charge in [-0.25, -0.2) is 0 Å². The van der Waals surface area contributed by atoms with Crippen LogP contribution in [-0.4, -0.2) is 35.9 Å². The molecule has 1 fully saturated rings. The largest absolute Gasteiger partial charge is 0.494 e. The molecule has 1 heterocycles. The summed E-state index contributed by atoms with van der Waals surface area (Å²) in [5.41, 5.74) is 6.66. The lowest BCUT2D eigenvalue weighted by Crippen LogP contribution is -2.41. The molecule has 0 aliphatic carbocycles. The summed E-state index contributed by atoms with van der Waals surface area (Å²) in [7, 11) is -0.367. The molecule has 0 radical (unpaired) electrons. The van der Waals surface area contributed by atoms with Gasteiger partial charge in [-0.1, -0.05) is 36.4 Å². The Bertz CT molecular complexity index is 673. The van der Waals surface area contributed by atoms with Crippen LogP contribution in [-0.2, 0) is 18.8 Å². The summed E-state index contributed by atoms with van der Waals surface area (Å²) in [5, 5.41) is 0. The fourth-order valence-corrected chi connectivity index (χ4v) is 2.57. The molecule has 6 heteroatoms. The van der Waals surface area contributed by atoms with E-state index in [0.717, 1.165) is 11.0 Å². The molecule has 148 valence electrons. The summed E-state index contributed by atoms with van der Waals surface area (Å²) >= 11 is 0. The standard InChI is InChI=1S/C21H32BNO4/c1-19(2,3)25-18(24)17(23)10-8-9-15-11-13-16(14-12-15)22-26-20(4,5)21(6,7)27-22/h8-9,11-14,17H,10,23H2,1-7H3/t17-/m0/s1. The number of hydrogen-bond donors (Lipinski definition) is 1. The van der Waals surface area contributed by atoms with Gasteiger partial charge in [0.05, 0.1) is 11.2 Å². The monoisotopic (exact) mass is 373 g/mol. The number of carbonyl (C=O) groups excluding carboxylic acids is 1. The zero-order valence-electron chi connectivity index (χ0n) is 17.5. The summed E-state index contributed by atoms with van der Waals surface area (Å²) < 4.78 is 17.4. The highest BCUT2D eigenvalue weighted by Crippen LogP contribution is 2.36. The summed E-state index contributed by atoms with van der Waals surface area (Å²) in [6.45, 7) is 13.6. The molecule has 2 N–H and O–H groups in total. The SMILES string of the molecule is CC(C)(C)OC(=O)[C@@H](N)CC=Cc1ccc(B2OC(C)(C)C(C)(C)O2)cc1. The van der Waals surface area contributed by atoms with E-state index in [1.807, 2.05) is 84.9 Å². The van der Waals surface area contributed by atoms with Gasteiger partial charge in [-0.05, 0) is 65.9 Å². The molecule has 1 saturated heterocycles. The van der Waals surface area contributed by atoms with E-state index in [1.54, 1.807) is 0 Å². The highest BCUT2D eigenvalue weighted by Gasteiger charge is 2.51. The average Bonchev–Trinajstić information content (AvgIpc) is 2.74. The number of hydrogen-bond acceptors (Lipinski definition) is 5. The Balaban J connectivity index is 1.93. The Kier molecular flexibility index (Phi) is 6.24. The fourth-order valence-electron chi connectivity index (χ4n) is 2.57. The highest BCUT2D eigenvalue weighted by atomic mass is 16.7. The van der Waals surface area contributed by atoms with Gasteiger partial charge in [0.2, 0.25) is 0 Å². The van der Waals surface area contributed by atoms with Crippen molar-refractivity contribution >= 4 is 24.6 Å². The van der Waals surface area contributed by atoms with Crippen LogP contribution >= 0.6 is 0 Å². The third-order valence-corrected chi connectivity index (χ3v) is 4.87. The topological polar surface area (TPSA) is 70.8 Å². The number of carbonyl (C=O) groups is 1. The lowest BCUT2D eigenvalue weighted by molar-refractivity contribution is -0.156. The first-order valence-corrected chi connectivity index (χ1v) is 9.41. The third-order valence-electron chi connectivity index (χ3n) is 4.87. The van der Waals surface area contributed by atoms with Gasteiger partial charge < -0.3 is 19.8 Å². The molecule has 0 saturated carbocycles. The number of ether oxygens (including phenoxy) is 1. The van der Waals surface area contributed by atoms with E-state index < -0.39 is 11.6 Å². The van der Waals surface area contributed by atoms with Crippen molar-refractivity contribution in [2.45, 2.75) is 77.7 Å². The lowest BCUT2D eigenvalue weighted by Gasteiger charge is -2.32. The predicted octanol–water partition coefficient (Wildman–Crippen LogP) is 3.06. The van der Waals surface area contributed by atoms with Gasteiger partial charge in [-0.2, -0.15) is 0 Å². The minimum atomic E-state index is -0.663. The minimum absolute atomic E-state index is 0.353. The first-order chi connectivity index (χ1) is 12.3. The van der Waals surface area contributed by atoms with Crippen LogP contribution in [0.2, 0.25) is 0 Å². The van der Waals surface area contributed by atoms with E-state index in [9.17, 15) is 4.79 Å². The summed E-state index contributed by atoms with van der Waals surface area (Å²) in [4.78, 5) is 11.9. The van der Waals surface area contributed by atoms with Crippen LogP contribution < -0.4 is 11.2 Å². The van der Waals surface area contributed by atoms with Crippen molar-refractivity contribution < 1.29 is 18.8 Å². The Morgan fingerprint density at radius 2 is 1.67 bits per heavy atom. The van der Waals surface area contributed by atoms with Crippen LogP contribution in [0.1, 0.15) is 60.5 Å². The van der Waals surface area contributed by atoms with Crippen molar-refractivity contribution in [1.82, 2.24) is 0 Å². The second-order valence-corrected chi connectivity index (χ2v) is 9.03. The van der Waals surface area contributed by atoms with E-state index in [2.05, 4.69) is 0 Å². The molecule has 1 aromatic carbocycles. The number of esters is 1. The molecule has 2 rings (SSSR count). The number of rotatable bonds is 5. The maximum absolute atomic E-state index is 11.9. The molecule has 0 unspecified atom stereocenters. The van der Waals surface area contributed by atoms with Crippen LogP contribution in [0, 0.1) is 0 Å². The normalized spacial score (nSPS) is 20.1. The van der Waals surface area contributed by atoms with Crippen LogP contribution in [0.3, 0.4) is 0 Å². The Morgan fingerprint density at radius 3 is 2.15 bits per heavy atom. The van der Waals surface area contributed by atoms with Gasteiger partial charge in [-0.3, -0.25) is 4.79 Å². The molecule has 1 atom stereocenters. The van der Waals surface area contributed by atoms with Gasteiger partial charge in [0, 0.05) is 0 Å². The maximum Gasteiger partial charge on any atom is 0.494 e. The lowest BCUT2D eigenvalue weighted by atomic mass is 9.79. The number of nitrogens with two attached hydrogens (primary N) is 1. The van der Waals surface area contributed by atoms with Gasteiger partial charge in [0.1, 0.15) is 11.6 Å². The van der Waals surface area contributed by atoms with Crippen molar-refractivity contribution in [3.8, 4) is 0 Å². The molecule has 1 aliphatic rings. The molecule has 1 aliphatic heterocycles. The average molecular weight is 373 g/mol. The quantitative estimate of drug-likeness (QED) is 0.635. The van der Waals surface area contributed by atoms with Gasteiger partial charge in [0.25, 0.3) is 0 Å². The van der Waals surface area contributed by atoms with Gasteiger partial charge >= 0.3 is 13.1 Å². The van der Waals surface area contributed by atoms with Crippen LogP contribution in [0.15, 0.2) is 30.3 Å². The molecule has 1 aromatic rings. The predicted molar refractivity (Wildman–Crippen MR) is 110 cm³/mol. The van der Waals surface area contributed by atoms with Crippen molar-refractivity contribution in [2.24, 2.45) is 5.73 Å². The summed E-state index contributed by atoms with van der Waals surface area (Å²) in [6, 6.07) is 7.32. The molecule has 0 amide bonds. The van der Waals surface area contributed by atoms with E-state index in [4.69, 9.17) is 19.8 Å². The Morgan fingerprint density at radius 1 is 1.15 bits per heavy atom. The molecule has 0 spiro atoms. The molecular weight excluding hydrogens is 341 g/mol. The van der Waals surface area contributed by atoms with Crippen LogP contribution in [0.25, 0.3) is 6.08 Å². The van der Waals surface area contributed by atoms with Crippen molar-refractivity contribution in [1.29, 1.82) is 0 Å². The van der Waals surface area contributed by atoms with Crippen molar-refractivity contribution in [3.05, 3.63) is 35.9 Å². The van der Waals surface area contributed by atoms with Gasteiger partial charge in [-0.15, -0.1) is 0 Å². The van der Waals surface area contributed by atoms with Crippen molar-refractivity contribution in [2.75, 3.05) is 0 Å². The summed E-state index contributed by atoms with van der Waals surface area (Å²) in [5.74, 6) is -0.386. The Labute approximate surface area is 163 Å². The molecule has 0 aromatic heterocycles. The van der Waals surface area contributed by atoms with Crippen LogP contribution in [0.5, 0.6) is 0 Å². The molecule has 27 heavy (non-hydrogen) atoms. The smallest absolute Gasteiger partial charge is 0.459 e. The van der Waals surface area contributed by atoms with Gasteiger partial charge in [0.15, 0.2) is 0 Å². The zero-order chi connectivity index (χ0) is 20.5. The molecule has 0 bridgehead atoms. The first kappa shape index (κ1) is 21.7. The van der Waals surface area contributed by atoms with E-state index in [1.165, 1.54) is 0 Å². The third kappa shape index (κ3) is 5.67. The second kappa shape index (κ2) is 7.78.